The van der Waals surface area contributed by atoms with Crippen LogP contribution >= 0.6 is 0 Å². The molecule has 4 aromatic rings. The quantitative estimate of drug-likeness (QED) is 0.550. The Morgan fingerprint density at radius 1 is 1.04 bits per heavy atom. The second-order valence-corrected chi connectivity index (χ2v) is 6.71. The lowest BCUT2D eigenvalue weighted by Gasteiger charge is -2.24. The zero-order valence-electron chi connectivity index (χ0n) is 14.9. The number of aryl methyl sites for hydroxylation is 1. The molecule has 0 N–H and O–H groups in total. The van der Waals surface area contributed by atoms with Gasteiger partial charge in [0, 0.05) is 5.56 Å². The van der Waals surface area contributed by atoms with Gasteiger partial charge in [0.15, 0.2) is 5.69 Å². The lowest BCUT2D eigenvalue weighted by Crippen LogP contribution is -2.21. The Kier molecular flexibility index (Phi) is 3.83. The fourth-order valence-corrected chi connectivity index (χ4v) is 3.33. The molecule has 2 aromatic heterocycles. The van der Waals surface area contributed by atoms with Crippen LogP contribution in [0, 0.1) is 6.92 Å². The van der Waals surface area contributed by atoms with Crippen LogP contribution in [0.5, 0.6) is 0 Å². The smallest absolute Gasteiger partial charge is 0.278 e. The first kappa shape index (κ1) is 16.0. The highest BCUT2D eigenvalue weighted by atomic mass is 16.5. The van der Waals surface area contributed by atoms with Crippen LogP contribution in [0.1, 0.15) is 22.9 Å². The summed E-state index contributed by atoms with van der Waals surface area (Å²) in [5.41, 5.74) is 4.92. The Morgan fingerprint density at radius 2 is 1.93 bits per heavy atom. The summed E-state index contributed by atoms with van der Waals surface area (Å²) in [4.78, 5) is 4.52. The van der Waals surface area contributed by atoms with Gasteiger partial charge in [-0.25, -0.2) is 0 Å². The molecule has 1 aliphatic heterocycles. The van der Waals surface area contributed by atoms with Gasteiger partial charge >= 0.3 is 0 Å². The minimum absolute atomic E-state index is 0.00279. The van der Waals surface area contributed by atoms with Crippen LogP contribution in [0.25, 0.3) is 23.0 Å². The summed E-state index contributed by atoms with van der Waals surface area (Å²) < 4.78 is 13.4. The zero-order valence-corrected chi connectivity index (χ0v) is 14.9. The van der Waals surface area contributed by atoms with E-state index in [1.807, 2.05) is 60.1 Å². The third kappa shape index (κ3) is 3.04. The summed E-state index contributed by atoms with van der Waals surface area (Å²) in [6, 6.07) is 20.2. The molecule has 1 atom stereocenters. The number of aromatic nitrogens is 4. The second kappa shape index (κ2) is 6.48. The van der Waals surface area contributed by atoms with Crippen molar-refractivity contribution in [3.8, 4) is 23.0 Å². The van der Waals surface area contributed by atoms with E-state index in [1.165, 1.54) is 0 Å². The number of fused-ring (bicyclic) bond motifs is 1. The standard InChI is InChI=1S/C21H18N4O2/c1-14-6-5-9-16(10-14)20-22-21(27-24-20)18-11-17-13-26-19(12-25(17)23-18)15-7-3-2-4-8-15/h2-11,19H,12-13H2,1H3. The minimum Gasteiger partial charge on any atom is -0.365 e. The number of hydrogen-bond acceptors (Lipinski definition) is 5. The van der Waals surface area contributed by atoms with Crippen LogP contribution in [0.3, 0.4) is 0 Å². The van der Waals surface area contributed by atoms with E-state index >= 15 is 0 Å². The Bertz CT molecular complexity index is 1080. The Labute approximate surface area is 156 Å². The molecule has 0 fully saturated rings. The number of hydrogen-bond donors (Lipinski definition) is 0. The highest BCUT2D eigenvalue weighted by Crippen LogP contribution is 2.29. The second-order valence-electron chi connectivity index (χ2n) is 6.71. The molecule has 0 aliphatic carbocycles. The number of benzene rings is 2. The topological polar surface area (TPSA) is 66.0 Å². The zero-order chi connectivity index (χ0) is 18.2. The van der Waals surface area contributed by atoms with Crippen molar-refractivity contribution in [3.05, 3.63) is 77.5 Å². The maximum atomic E-state index is 6.00. The number of ether oxygens (including phenoxy) is 1. The average Bonchev–Trinajstić information content (AvgIpc) is 3.35. The van der Waals surface area contributed by atoms with Crippen molar-refractivity contribution in [3.63, 3.8) is 0 Å². The third-order valence-electron chi connectivity index (χ3n) is 4.73. The number of rotatable bonds is 3. The maximum Gasteiger partial charge on any atom is 0.278 e. The summed E-state index contributed by atoms with van der Waals surface area (Å²) in [5.74, 6) is 0.989. The van der Waals surface area contributed by atoms with Gasteiger partial charge < -0.3 is 9.26 Å². The van der Waals surface area contributed by atoms with Gasteiger partial charge in [0.2, 0.25) is 5.82 Å². The fourth-order valence-electron chi connectivity index (χ4n) is 3.33. The van der Waals surface area contributed by atoms with Crippen LogP contribution in [0.15, 0.2) is 65.2 Å². The van der Waals surface area contributed by atoms with Gasteiger partial charge in [0.05, 0.1) is 18.8 Å². The molecule has 0 radical (unpaired) electrons. The van der Waals surface area contributed by atoms with Crippen molar-refractivity contribution in [2.75, 3.05) is 0 Å². The molecule has 0 bridgehead atoms. The van der Waals surface area contributed by atoms with Gasteiger partial charge in [-0.15, -0.1) is 0 Å². The molecule has 6 heteroatoms. The van der Waals surface area contributed by atoms with E-state index in [2.05, 4.69) is 27.4 Å². The molecule has 5 rings (SSSR count). The molecule has 0 spiro atoms. The van der Waals surface area contributed by atoms with Crippen molar-refractivity contribution in [2.24, 2.45) is 0 Å². The summed E-state index contributed by atoms with van der Waals surface area (Å²) in [6.07, 6.45) is -0.00279. The first-order chi connectivity index (χ1) is 13.3. The van der Waals surface area contributed by atoms with E-state index in [9.17, 15) is 0 Å². The molecule has 1 aliphatic rings. The van der Waals surface area contributed by atoms with E-state index in [0.29, 0.717) is 30.6 Å². The van der Waals surface area contributed by atoms with Crippen LogP contribution in [-0.4, -0.2) is 19.9 Å². The Hall–Kier alpha value is -3.25. The molecule has 27 heavy (non-hydrogen) atoms. The van der Waals surface area contributed by atoms with Crippen molar-refractivity contribution in [1.29, 1.82) is 0 Å². The van der Waals surface area contributed by atoms with Crippen LogP contribution < -0.4 is 0 Å². The molecule has 0 saturated carbocycles. The number of nitrogens with zero attached hydrogens (tertiary/aromatic N) is 4. The van der Waals surface area contributed by atoms with E-state index < -0.39 is 0 Å². The van der Waals surface area contributed by atoms with Gasteiger partial charge in [-0.2, -0.15) is 10.1 Å². The van der Waals surface area contributed by atoms with Gasteiger partial charge in [-0.3, -0.25) is 4.68 Å². The van der Waals surface area contributed by atoms with Crippen LogP contribution in [0.4, 0.5) is 0 Å². The Morgan fingerprint density at radius 3 is 2.78 bits per heavy atom. The molecule has 134 valence electrons. The first-order valence-corrected chi connectivity index (χ1v) is 8.91. The first-order valence-electron chi connectivity index (χ1n) is 8.91. The molecular weight excluding hydrogens is 340 g/mol. The molecule has 0 saturated heterocycles. The highest BCUT2D eigenvalue weighted by Gasteiger charge is 2.24. The van der Waals surface area contributed by atoms with Crippen molar-refractivity contribution < 1.29 is 9.26 Å². The predicted octanol–water partition coefficient (Wildman–Crippen LogP) is 4.18. The van der Waals surface area contributed by atoms with Crippen molar-refractivity contribution in [2.45, 2.75) is 26.2 Å². The fraction of sp³-hybridized carbons (Fsp3) is 0.190. The molecule has 3 heterocycles. The van der Waals surface area contributed by atoms with Crippen molar-refractivity contribution in [1.82, 2.24) is 19.9 Å². The SMILES string of the molecule is Cc1cccc(-c2noc(-c3cc4n(n3)CC(c3ccccc3)OC4)n2)c1. The molecule has 2 aromatic carbocycles. The van der Waals surface area contributed by atoms with Gasteiger partial charge in [-0.05, 0) is 24.6 Å². The normalized spacial score (nSPS) is 16.3. The predicted molar refractivity (Wildman–Crippen MR) is 99.7 cm³/mol. The maximum absolute atomic E-state index is 6.00. The van der Waals surface area contributed by atoms with Crippen LogP contribution in [0.2, 0.25) is 0 Å². The van der Waals surface area contributed by atoms with E-state index in [0.717, 1.165) is 22.4 Å². The summed E-state index contributed by atoms with van der Waals surface area (Å²) >= 11 is 0. The third-order valence-corrected chi connectivity index (χ3v) is 4.73. The van der Waals surface area contributed by atoms with Gasteiger partial charge in [0.1, 0.15) is 6.10 Å². The molecular formula is C21H18N4O2. The Balaban J connectivity index is 1.41. The van der Waals surface area contributed by atoms with E-state index in [4.69, 9.17) is 9.26 Å². The average molecular weight is 358 g/mol. The lowest BCUT2D eigenvalue weighted by atomic mass is 10.1. The van der Waals surface area contributed by atoms with Crippen LogP contribution in [-0.2, 0) is 17.9 Å². The molecule has 6 nitrogen and oxygen atoms in total. The highest BCUT2D eigenvalue weighted by molar-refractivity contribution is 5.58. The van der Waals surface area contributed by atoms with Gasteiger partial charge in [0.25, 0.3) is 5.89 Å². The molecule has 0 amide bonds. The van der Waals surface area contributed by atoms with E-state index in [1.54, 1.807) is 0 Å². The monoisotopic (exact) mass is 358 g/mol. The van der Waals surface area contributed by atoms with E-state index in [-0.39, 0.29) is 6.10 Å². The summed E-state index contributed by atoms with van der Waals surface area (Å²) in [6.45, 7) is 3.21. The molecule has 1 unspecified atom stereocenters. The summed E-state index contributed by atoms with van der Waals surface area (Å²) in [7, 11) is 0. The summed E-state index contributed by atoms with van der Waals surface area (Å²) in [5, 5.41) is 8.77. The van der Waals surface area contributed by atoms with Gasteiger partial charge in [-0.1, -0.05) is 59.3 Å². The largest absolute Gasteiger partial charge is 0.365 e. The minimum atomic E-state index is -0.00279. The lowest BCUT2D eigenvalue weighted by molar-refractivity contribution is -0.00113. The van der Waals surface area contributed by atoms with Crippen molar-refractivity contribution >= 4 is 0 Å².